The molecule has 1 amide bonds. The SMILES string of the molecule is COCCN1CC2(CCCC2)N(S(=O)(=O)c2cccc3cccnc23)CC1=O. The summed E-state index contributed by atoms with van der Waals surface area (Å²) in [5.74, 6) is -0.175. The summed E-state index contributed by atoms with van der Waals surface area (Å²) >= 11 is 0. The second-order valence-electron chi connectivity index (χ2n) is 7.58. The van der Waals surface area contributed by atoms with Crippen LogP contribution in [-0.4, -0.2) is 67.4 Å². The summed E-state index contributed by atoms with van der Waals surface area (Å²) in [5, 5.41) is 0.772. The quantitative estimate of drug-likeness (QED) is 0.763. The van der Waals surface area contributed by atoms with Crippen LogP contribution >= 0.6 is 0 Å². The van der Waals surface area contributed by atoms with Crippen molar-refractivity contribution in [1.29, 1.82) is 0 Å². The van der Waals surface area contributed by atoms with Crippen molar-refractivity contribution < 1.29 is 17.9 Å². The van der Waals surface area contributed by atoms with Gasteiger partial charge in [0.1, 0.15) is 4.90 Å². The minimum absolute atomic E-state index is 0.130. The van der Waals surface area contributed by atoms with Crippen LogP contribution in [0.25, 0.3) is 10.9 Å². The van der Waals surface area contributed by atoms with Crippen molar-refractivity contribution in [3.05, 3.63) is 36.5 Å². The first-order valence-corrected chi connectivity index (χ1v) is 11.1. The predicted octanol–water partition coefficient (Wildman–Crippen LogP) is 2.03. The number of aromatic nitrogens is 1. The van der Waals surface area contributed by atoms with Crippen LogP contribution in [0.2, 0.25) is 0 Å². The number of nitrogens with zero attached hydrogens (tertiary/aromatic N) is 3. The van der Waals surface area contributed by atoms with E-state index in [2.05, 4.69) is 4.98 Å². The van der Waals surface area contributed by atoms with Gasteiger partial charge in [-0.3, -0.25) is 9.78 Å². The lowest BCUT2D eigenvalue weighted by Crippen LogP contribution is -2.64. The van der Waals surface area contributed by atoms with E-state index in [1.165, 1.54) is 4.31 Å². The fourth-order valence-corrected chi connectivity index (χ4v) is 6.44. The molecule has 0 unspecified atom stereocenters. The molecule has 1 aromatic carbocycles. The molecule has 0 atom stereocenters. The normalized spacial score (nSPS) is 20.3. The number of methoxy groups -OCH3 is 1. The average molecular weight is 404 g/mol. The van der Waals surface area contributed by atoms with E-state index < -0.39 is 15.6 Å². The number of amides is 1. The summed E-state index contributed by atoms with van der Waals surface area (Å²) in [6.07, 6.45) is 5.06. The van der Waals surface area contributed by atoms with Crippen molar-refractivity contribution in [2.24, 2.45) is 0 Å². The molecule has 2 fully saturated rings. The zero-order valence-corrected chi connectivity index (χ0v) is 16.8. The maximum Gasteiger partial charge on any atom is 0.246 e. The summed E-state index contributed by atoms with van der Waals surface area (Å²) < 4.78 is 34.0. The Labute approximate surface area is 165 Å². The Morgan fingerprint density at radius 3 is 2.68 bits per heavy atom. The van der Waals surface area contributed by atoms with E-state index in [0.717, 1.165) is 31.1 Å². The van der Waals surface area contributed by atoms with Gasteiger partial charge >= 0.3 is 0 Å². The number of carbonyl (C=O) groups excluding carboxylic acids is 1. The zero-order chi connectivity index (χ0) is 19.8. The third kappa shape index (κ3) is 3.19. The summed E-state index contributed by atoms with van der Waals surface area (Å²) in [6.45, 7) is 1.23. The van der Waals surface area contributed by atoms with Crippen LogP contribution in [-0.2, 0) is 19.6 Å². The third-order valence-electron chi connectivity index (χ3n) is 5.91. The Kier molecular flexibility index (Phi) is 5.11. The summed E-state index contributed by atoms with van der Waals surface area (Å²) in [5.41, 5.74) is -0.0929. The van der Waals surface area contributed by atoms with Gasteiger partial charge in [-0.15, -0.1) is 0 Å². The summed E-state index contributed by atoms with van der Waals surface area (Å²) in [7, 11) is -2.26. The number of hydrogen-bond donors (Lipinski definition) is 0. The molecule has 1 spiro atoms. The van der Waals surface area contributed by atoms with Gasteiger partial charge < -0.3 is 9.64 Å². The van der Waals surface area contributed by atoms with Crippen LogP contribution in [0.3, 0.4) is 0 Å². The van der Waals surface area contributed by atoms with Crippen LogP contribution in [0.4, 0.5) is 0 Å². The Morgan fingerprint density at radius 1 is 1.18 bits per heavy atom. The first-order valence-electron chi connectivity index (χ1n) is 9.61. The fourth-order valence-electron chi connectivity index (χ4n) is 4.50. The van der Waals surface area contributed by atoms with Crippen molar-refractivity contribution in [3.8, 4) is 0 Å². The standard InChI is InChI=1S/C20H25N3O4S/c1-27-13-12-22-15-20(9-2-3-10-20)23(14-18(22)24)28(25,26)17-8-4-6-16-7-5-11-21-19(16)17/h4-8,11H,2-3,9-10,12-15H2,1H3. The van der Waals surface area contributed by atoms with E-state index in [1.54, 1.807) is 36.4 Å². The number of benzene rings is 1. The number of fused-ring (bicyclic) bond motifs is 1. The third-order valence-corrected chi connectivity index (χ3v) is 7.89. The monoisotopic (exact) mass is 403 g/mol. The molecule has 1 saturated carbocycles. The lowest BCUT2D eigenvalue weighted by atomic mass is 9.94. The number of para-hydroxylation sites is 1. The number of pyridine rings is 1. The van der Waals surface area contributed by atoms with Gasteiger partial charge in [0.05, 0.1) is 24.2 Å². The number of piperazine rings is 1. The zero-order valence-electron chi connectivity index (χ0n) is 16.0. The molecule has 28 heavy (non-hydrogen) atoms. The number of hydrogen-bond acceptors (Lipinski definition) is 5. The van der Waals surface area contributed by atoms with E-state index in [0.29, 0.717) is 25.2 Å². The number of rotatable bonds is 5. The Balaban J connectivity index is 1.76. The molecule has 150 valence electrons. The fraction of sp³-hybridized carbons (Fsp3) is 0.500. The molecule has 2 aromatic rings. The number of carbonyl (C=O) groups is 1. The minimum atomic E-state index is -3.87. The Bertz CT molecular complexity index is 981. The second-order valence-corrected chi connectivity index (χ2v) is 9.41. The molecule has 0 N–H and O–H groups in total. The topological polar surface area (TPSA) is 79.8 Å². The molecule has 0 bridgehead atoms. The lowest BCUT2D eigenvalue weighted by Gasteiger charge is -2.47. The second kappa shape index (κ2) is 7.42. The van der Waals surface area contributed by atoms with E-state index >= 15 is 0 Å². The number of ether oxygens (including phenoxy) is 1. The highest BCUT2D eigenvalue weighted by atomic mass is 32.2. The van der Waals surface area contributed by atoms with Crippen molar-refractivity contribution >= 4 is 26.8 Å². The van der Waals surface area contributed by atoms with Crippen molar-refractivity contribution in [1.82, 2.24) is 14.2 Å². The highest BCUT2D eigenvalue weighted by Gasteiger charge is 2.51. The van der Waals surface area contributed by atoms with Crippen molar-refractivity contribution in [2.75, 3.05) is 33.4 Å². The van der Waals surface area contributed by atoms with Crippen LogP contribution in [0.5, 0.6) is 0 Å². The van der Waals surface area contributed by atoms with Gasteiger partial charge in [-0.1, -0.05) is 31.0 Å². The predicted molar refractivity (Wildman–Crippen MR) is 105 cm³/mol. The highest BCUT2D eigenvalue weighted by molar-refractivity contribution is 7.89. The van der Waals surface area contributed by atoms with Crippen LogP contribution < -0.4 is 0 Å². The lowest BCUT2D eigenvalue weighted by molar-refractivity contribution is -0.139. The van der Waals surface area contributed by atoms with E-state index in [-0.39, 0.29) is 17.3 Å². The molecule has 1 saturated heterocycles. The van der Waals surface area contributed by atoms with Gasteiger partial charge in [0.2, 0.25) is 15.9 Å². The van der Waals surface area contributed by atoms with E-state index in [1.807, 2.05) is 12.1 Å². The molecule has 4 rings (SSSR count). The van der Waals surface area contributed by atoms with Gasteiger partial charge in [0.25, 0.3) is 0 Å². The molecule has 1 aliphatic carbocycles. The molecular weight excluding hydrogens is 378 g/mol. The van der Waals surface area contributed by atoms with Crippen LogP contribution in [0.15, 0.2) is 41.4 Å². The highest BCUT2D eigenvalue weighted by Crippen LogP contribution is 2.42. The molecule has 0 radical (unpaired) electrons. The van der Waals surface area contributed by atoms with Gasteiger partial charge in [-0.2, -0.15) is 4.31 Å². The minimum Gasteiger partial charge on any atom is -0.383 e. The van der Waals surface area contributed by atoms with Crippen LogP contribution in [0, 0.1) is 0 Å². The van der Waals surface area contributed by atoms with Gasteiger partial charge in [-0.25, -0.2) is 8.42 Å². The van der Waals surface area contributed by atoms with Gasteiger partial charge in [-0.05, 0) is 25.0 Å². The average Bonchev–Trinajstić information content (AvgIpc) is 3.16. The first kappa shape index (κ1) is 19.3. The molecule has 2 aliphatic rings. The maximum atomic E-state index is 13.7. The summed E-state index contributed by atoms with van der Waals surface area (Å²) in [6, 6.07) is 8.81. The van der Waals surface area contributed by atoms with Gasteiger partial charge in [0.15, 0.2) is 0 Å². The van der Waals surface area contributed by atoms with Gasteiger partial charge in [0, 0.05) is 31.8 Å². The Hall–Kier alpha value is -2.03. The number of sulfonamides is 1. The van der Waals surface area contributed by atoms with E-state index in [9.17, 15) is 13.2 Å². The molecular formula is C20H25N3O4S. The molecule has 1 aromatic heterocycles. The Morgan fingerprint density at radius 2 is 1.93 bits per heavy atom. The van der Waals surface area contributed by atoms with Crippen molar-refractivity contribution in [3.63, 3.8) is 0 Å². The molecule has 8 heteroatoms. The van der Waals surface area contributed by atoms with Crippen LogP contribution in [0.1, 0.15) is 25.7 Å². The molecule has 7 nitrogen and oxygen atoms in total. The van der Waals surface area contributed by atoms with E-state index in [4.69, 9.17) is 4.74 Å². The first-order chi connectivity index (χ1) is 13.5. The molecule has 2 heterocycles. The van der Waals surface area contributed by atoms with Crippen molar-refractivity contribution in [2.45, 2.75) is 36.1 Å². The smallest absolute Gasteiger partial charge is 0.246 e. The largest absolute Gasteiger partial charge is 0.383 e. The summed E-state index contributed by atoms with van der Waals surface area (Å²) in [4.78, 5) is 19.0. The maximum absolute atomic E-state index is 13.7. The molecule has 1 aliphatic heterocycles.